The number of aromatic nitrogens is 2. The van der Waals surface area contributed by atoms with E-state index in [4.69, 9.17) is 5.73 Å². The number of aromatic amines is 1. The van der Waals surface area contributed by atoms with Crippen LogP contribution >= 0.6 is 11.3 Å². The third-order valence-corrected chi connectivity index (χ3v) is 7.16. The molecular weight excluding hydrogens is 412 g/mol. The van der Waals surface area contributed by atoms with E-state index in [1.807, 2.05) is 13.0 Å². The van der Waals surface area contributed by atoms with Crippen LogP contribution in [0.5, 0.6) is 0 Å². The van der Waals surface area contributed by atoms with Crippen molar-refractivity contribution in [3.8, 4) is 0 Å². The van der Waals surface area contributed by atoms with Crippen molar-refractivity contribution in [2.75, 3.05) is 17.2 Å². The molecule has 2 aromatic rings. The minimum Gasteiger partial charge on any atom is -0.383 e. The second-order valence-corrected chi connectivity index (χ2v) is 10.2. The van der Waals surface area contributed by atoms with Crippen LogP contribution in [-0.2, 0) is 19.4 Å². The second-order valence-electron chi connectivity index (χ2n) is 9.04. The van der Waals surface area contributed by atoms with Gasteiger partial charge in [-0.1, -0.05) is 34.1 Å². The third-order valence-electron chi connectivity index (χ3n) is 5.93. The van der Waals surface area contributed by atoms with Crippen LogP contribution in [0.4, 0.5) is 11.5 Å². The van der Waals surface area contributed by atoms with Crippen LogP contribution in [0.3, 0.4) is 0 Å². The fourth-order valence-electron chi connectivity index (χ4n) is 4.02. The normalized spacial score (nSPS) is 15.8. The molecule has 0 saturated carbocycles. The lowest BCUT2D eigenvalue weighted by Crippen LogP contribution is -2.41. The third kappa shape index (κ3) is 5.11. The van der Waals surface area contributed by atoms with Crippen molar-refractivity contribution in [1.29, 1.82) is 0 Å². The molecule has 0 fully saturated rings. The largest absolute Gasteiger partial charge is 0.383 e. The number of hydrogen-bond acceptors (Lipinski definition) is 5. The van der Waals surface area contributed by atoms with Crippen molar-refractivity contribution in [3.63, 3.8) is 0 Å². The summed E-state index contributed by atoms with van der Waals surface area (Å²) in [6, 6.07) is 1.98. The summed E-state index contributed by atoms with van der Waals surface area (Å²) in [4.78, 5) is 44.5. The molecule has 1 aliphatic rings. The van der Waals surface area contributed by atoms with Crippen LogP contribution in [0, 0.1) is 11.8 Å². The van der Waals surface area contributed by atoms with Gasteiger partial charge in [0.05, 0.1) is 4.88 Å². The molecule has 3 rings (SSSR count). The van der Waals surface area contributed by atoms with Crippen LogP contribution < -0.4 is 21.9 Å². The van der Waals surface area contributed by atoms with Crippen molar-refractivity contribution < 1.29 is 4.79 Å². The van der Waals surface area contributed by atoms with Crippen LogP contribution in [0.2, 0.25) is 0 Å². The van der Waals surface area contributed by atoms with Gasteiger partial charge in [0.25, 0.3) is 11.5 Å². The number of nitrogen functional groups attached to an aromatic ring is 1. The Balaban J connectivity index is 2.05. The Morgan fingerprint density at radius 1 is 1.39 bits per heavy atom. The maximum absolute atomic E-state index is 13.6. The number of nitrogens with one attached hydrogen (secondary N) is 1. The maximum Gasteiger partial charge on any atom is 0.330 e. The predicted molar refractivity (Wildman–Crippen MR) is 127 cm³/mol. The molecule has 0 aromatic carbocycles. The number of H-pyrrole nitrogens is 1. The molecule has 0 aliphatic heterocycles. The Morgan fingerprint density at radius 3 is 2.81 bits per heavy atom. The molecule has 0 saturated heterocycles. The van der Waals surface area contributed by atoms with E-state index in [1.165, 1.54) is 31.2 Å². The Bertz CT molecular complexity index is 1050. The monoisotopic (exact) mass is 446 g/mol. The van der Waals surface area contributed by atoms with E-state index in [-0.39, 0.29) is 17.4 Å². The first-order chi connectivity index (χ1) is 14.7. The van der Waals surface area contributed by atoms with Crippen molar-refractivity contribution in [3.05, 3.63) is 42.2 Å². The van der Waals surface area contributed by atoms with E-state index in [0.717, 1.165) is 38.5 Å². The van der Waals surface area contributed by atoms with Gasteiger partial charge in [-0.05, 0) is 55.6 Å². The maximum atomic E-state index is 13.6. The van der Waals surface area contributed by atoms with E-state index < -0.39 is 11.2 Å². The number of nitrogens with two attached hydrogens (primary N) is 1. The molecular formula is C23H34N4O3S. The van der Waals surface area contributed by atoms with Crippen LogP contribution in [-0.4, -0.2) is 22.0 Å². The SMILES string of the molecule is CCCCn1c(N)c(N(CCC(C)C)C(=O)c2cc3c(s2)CCC(C)C3)c(=O)[nH]c1=O. The number of amides is 1. The van der Waals surface area contributed by atoms with Gasteiger partial charge in [-0.15, -0.1) is 11.3 Å². The second kappa shape index (κ2) is 9.85. The Labute approximate surface area is 187 Å². The predicted octanol–water partition coefficient (Wildman–Crippen LogP) is 3.80. The van der Waals surface area contributed by atoms with Crippen LogP contribution in [0.1, 0.15) is 73.5 Å². The average Bonchev–Trinajstić information content (AvgIpc) is 3.12. The van der Waals surface area contributed by atoms with Crippen molar-refractivity contribution >= 4 is 28.7 Å². The van der Waals surface area contributed by atoms with E-state index in [1.54, 1.807) is 0 Å². The quantitative estimate of drug-likeness (QED) is 0.644. The highest BCUT2D eigenvalue weighted by molar-refractivity contribution is 7.14. The number of carbonyl (C=O) groups excluding carboxylic acids is 1. The molecule has 7 nitrogen and oxygen atoms in total. The molecule has 2 heterocycles. The first-order valence-electron chi connectivity index (χ1n) is 11.3. The molecule has 8 heteroatoms. The van der Waals surface area contributed by atoms with Gasteiger partial charge in [-0.25, -0.2) is 4.79 Å². The molecule has 0 radical (unpaired) electrons. The number of hydrogen-bond donors (Lipinski definition) is 2. The van der Waals surface area contributed by atoms with Gasteiger partial charge < -0.3 is 5.73 Å². The number of carbonyl (C=O) groups is 1. The summed E-state index contributed by atoms with van der Waals surface area (Å²) in [5.41, 5.74) is 6.50. The zero-order valence-corrected chi connectivity index (χ0v) is 19.8. The van der Waals surface area contributed by atoms with Gasteiger partial charge in [-0.3, -0.25) is 24.0 Å². The number of nitrogens with zero attached hydrogens (tertiary/aromatic N) is 2. The number of aryl methyl sites for hydroxylation is 1. The molecule has 2 aromatic heterocycles. The van der Waals surface area contributed by atoms with Crippen LogP contribution in [0.15, 0.2) is 15.7 Å². The summed E-state index contributed by atoms with van der Waals surface area (Å²) in [6.45, 7) is 9.17. The molecule has 1 atom stereocenters. The highest BCUT2D eigenvalue weighted by Crippen LogP contribution is 2.33. The molecule has 170 valence electrons. The van der Waals surface area contributed by atoms with Crippen LogP contribution in [0.25, 0.3) is 0 Å². The van der Waals surface area contributed by atoms with E-state index in [0.29, 0.717) is 29.8 Å². The number of rotatable bonds is 8. The minimum absolute atomic E-state index is 0.0641. The van der Waals surface area contributed by atoms with Gasteiger partial charge in [0.2, 0.25) is 0 Å². The van der Waals surface area contributed by atoms with Gasteiger partial charge in [0, 0.05) is 18.0 Å². The lowest BCUT2D eigenvalue weighted by Gasteiger charge is -2.25. The Morgan fingerprint density at radius 2 is 2.13 bits per heavy atom. The van der Waals surface area contributed by atoms with E-state index in [9.17, 15) is 14.4 Å². The molecule has 0 spiro atoms. The first-order valence-corrected chi connectivity index (χ1v) is 12.1. The lowest BCUT2D eigenvalue weighted by molar-refractivity contribution is 0.0989. The fraction of sp³-hybridized carbons (Fsp3) is 0.609. The highest BCUT2D eigenvalue weighted by atomic mass is 32.1. The fourth-order valence-corrected chi connectivity index (χ4v) is 5.18. The number of thiophene rings is 1. The summed E-state index contributed by atoms with van der Waals surface area (Å²) in [5.74, 6) is 0.807. The summed E-state index contributed by atoms with van der Waals surface area (Å²) in [6.07, 6.45) is 5.47. The van der Waals surface area contributed by atoms with Gasteiger partial charge in [-0.2, -0.15) is 0 Å². The standard InChI is InChI=1S/C23H34N4O3S/c1-5-6-10-27-20(24)19(21(28)25-23(27)30)26(11-9-14(2)3)22(29)18-13-16-12-15(4)7-8-17(16)31-18/h13-15H,5-12,24H2,1-4H3,(H,25,28,30). The zero-order valence-electron chi connectivity index (χ0n) is 19.0. The summed E-state index contributed by atoms with van der Waals surface area (Å²) in [5, 5.41) is 0. The first kappa shape index (κ1) is 23.3. The number of anilines is 2. The van der Waals surface area contributed by atoms with E-state index in [2.05, 4.69) is 25.8 Å². The van der Waals surface area contributed by atoms with Crippen molar-refractivity contribution in [1.82, 2.24) is 9.55 Å². The minimum atomic E-state index is -0.609. The molecule has 3 N–H and O–H groups in total. The zero-order chi connectivity index (χ0) is 22.7. The molecule has 1 unspecified atom stereocenters. The van der Waals surface area contributed by atoms with E-state index >= 15 is 0 Å². The highest BCUT2D eigenvalue weighted by Gasteiger charge is 2.28. The average molecular weight is 447 g/mol. The Hall–Kier alpha value is -2.35. The topological polar surface area (TPSA) is 101 Å². The summed E-state index contributed by atoms with van der Waals surface area (Å²) < 4.78 is 1.37. The molecule has 0 bridgehead atoms. The number of unbranched alkanes of at least 4 members (excludes halogenated alkanes) is 1. The van der Waals surface area contributed by atoms with Crippen molar-refractivity contribution in [2.24, 2.45) is 11.8 Å². The van der Waals surface area contributed by atoms with Gasteiger partial charge in [0.1, 0.15) is 5.82 Å². The smallest absolute Gasteiger partial charge is 0.330 e. The summed E-state index contributed by atoms with van der Waals surface area (Å²) in [7, 11) is 0. The van der Waals surface area contributed by atoms with Gasteiger partial charge in [0.15, 0.2) is 5.69 Å². The van der Waals surface area contributed by atoms with Crippen molar-refractivity contribution in [2.45, 2.75) is 72.8 Å². The lowest BCUT2D eigenvalue weighted by atomic mass is 9.90. The van der Waals surface area contributed by atoms with Gasteiger partial charge >= 0.3 is 5.69 Å². The number of fused-ring (bicyclic) bond motifs is 1. The Kier molecular flexibility index (Phi) is 7.41. The molecule has 1 amide bonds. The molecule has 31 heavy (non-hydrogen) atoms. The summed E-state index contributed by atoms with van der Waals surface area (Å²) >= 11 is 1.52. The molecule has 1 aliphatic carbocycles.